The molecule has 2 heterocycles. The topological polar surface area (TPSA) is 84.0 Å². The highest BCUT2D eigenvalue weighted by atomic mass is 32.2. The van der Waals surface area contributed by atoms with E-state index >= 15 is 0 Å². The molecule has 158 valence electrons. The van der Waals surface area contributed by atoms with Crippen LogP contribution in [0.4, 0.5) is 0 Å². The van der Waals surface area contributed by atoms with Crippen molar-refractivity contribution in [1.29, 1.82) is 0 Å². The van der Waals surface area contributed by atoms with Crippen LogP contribution in [0.5, 0.6) is 0 Å². The maximum atomic E-state index is 13.4. The van der Waals surface area contributed by atoms with Crippen LogP contribution in [0.1, 0.15) is 24.0 Å². The Morgan fingerprint density at radius 3 is 2.50 bits per heavy atom. The summed E-state index contributed by atoms with van der Waals surface area (Å²) in [7, 11) is -6.93. The molecular formula is C19H30N2O5S2. The molecule has 2 aliphatic heterocycles. The second kappa shape index (κ2) is 8.79. The predicted octanol–water partition coefficient (Wildman–Crippen LogP) is 1.20. The summed E-state index contributed by atoms with van der Waals surface area (Å²) < 4.78 is 57.5. The van der Waals surface area contributed by atoms with Gasteiger partial charge in [-0.3, -0.25) is 4.90 Å². The van der Waals surface area contributed by atoms with Crippen LogP contribution >= 0.6 is 0 Å². The number of morpholine rings is 1. The Morgan fingerprint density at radius 1 is 1.18 bits per heavy atom. The molecule has 3 rings (SSSR count). The first-order chi connectivity index (χ1) is 13.2. The van der Waals surface area contributed by atoms with Gasteiger partial charge in [-0.25, -0.2) is 16.8 Å². The smallest absolute Gasteiger partial charge is 0.243 e. The number of ether oxygens (including phenoxy) is 1. The van der Waals surface area contributed by atoms with Gasteiger partial charge < -0.3 is 4.74 Å². The van der Waals surface area contributed by atoms with E-state index in [1.807, 2.05) is 13.8 Å². The largest absolute Gasteiger partial charge is 0.379 e. The van der Waals surface area contributed by atoms with E-state index in [0.29, 0.717) is 32.6 Å². The van der Waals surface area contributed by atoms with E-state index in [2.05, 4.69) is 4.90 Å². The van der Waals surface area contributed by atoms with Gasteiger partial charge in [0.15, 0.2) is 9.84 Å². The lowest BCUT2D eigenvalue weighted by molar-refractivity contribution is 0.0367. The number of nitrogens with zero attached hydrogens (tertiary/aromatic N) is 2. The maximum Gasteiger partial charge on any atom is 0.243 e. The number of aryl methyl sites for hydroxylation is 2. The molecule has 2 fully saturated rings. The van der Waals surface area contributed by atoms with Crippen LogP contribution in [0.25, 0.3) is 0 Å². The van der Waals surface area contributed by atoms with Crippen molar-refractivity contribution in [2.75, 3.05) is 50.9 Å². The fraction of sp³-hybridized carbons (Fsp3) is 0.684. The third-order valence-corrected chi connectivity index (χ3v) is 9.36. The van der Waals surface area contributed by atoms with Gasteiger partial charge in [0.1, 0.15) is 0 Å². The zero-order chi connectivity index (χ0) is 20.4. The second-order valence-electron chi connectivity index (χ2n) is 7.73. The number of rotatable bonds is 7. The molecule has 2 saturated heterocycles. The van der Waals surface area contributed by atoms with Gasteiger partial charge >= 0.3 is 0 Å². The molecule has 0 spiro atoms. The van der Waals surface area contributed by atoms with Crippen molar-refractivity contribution in [2.45, 2.75) is 37.6 Å². The van der Waals surface area contributed by atoms with Crippen LogP contribution < -0.4 is 0 Å². The minimum absolute atomic E-state index is 0.0556. The quantitative estimate of drug-likeness (QED) is 0.646. The molecule has 0 aliphatic carbocycles. The van der Waals surface area contributed by atoms with E-state index in [9.17, 15) is 16.8 Å². The molecule has 0 N–H and O–H groups in total. The van der Waals surface area contributed by atoms with Crippen molar-refractivity contribution in [3.05, 3.63) is 29.3 Å². The highest BCUT2D eigenvalue weighted by molar-refractivity contribution is 7.92. The first-order valence-corrected chi connectivity index (χ1v) is 13.0. The molecule has 28 heavy (non-hydrogen) atoms. The lowest BCUT2D eigenvalue weighted by atomic mass is 10.1. The Balaban J connectivity index is 1.79. The molecule has 2 aliphatic rings. The SMILES string of the molecule is Cc1ccc(S(=O)(=O)N(CCCN2CCOCC2)C2CCS(=O)(=O)C2)cc1C. The molecule has 0 radical (unpaired) electrons. The third kappa shape index (κ3) is 5.13. The number of hydrogen-bond acceptors (Lipinski definition) is 6. The molecule has 1 unspecified atom stereocenters. The van der Waals surface area contributed by atoms with E-state index in [1.165, 1.54) is 4.31 Å². The van der Waals surface area contributed by atoms with Crippen molar-refractivity contribution in [3.63, 3.8) is 0 Å². The molecule has 1 aromatic rings. The van der Waals surface area contributed by atoms with Gasteiger partial charge in [-0.15, -0.1) is 0 Å². The van der Waals surface area contributed by atoms with Crippen molar-refractivity contribution < 1.29 is 21.6 Å². The molecule has 0 saturated carbocycles. The van der Waals surface area contributed by atoms with Gasteiger partial charge in [-0.1, -0.05) is 6.07 Å². The van der Waals surface area contributed by atoms with Crippen LogP contribution in [0.15, 0.2) is 23.1 Å². The average Bonchev–Trinajstić information content (AvgIpc) is 3.01. The van der Waals surface area contributed by atoms with E-state index in [4.69, 9.17) is 4.74 Å². The van der Waals surface area contributed by atoms with E-state index in [0.717, 1.165) is 30.8 Å². The Hall–Kier alpha value is -1.00. The van der Waals surface area contributed by atoms with Crippen LogP contribution in [0.3, 0.4) is 0 Å². The fourth-order valence-electron chi connectivity index (χ4n) is 3.79. The maximum absolute atomic E-state index is 13.4. The third-order valence-electron chi connectivity index (χ3n) is 5.66. The van der Waals surface area contributed by atoms with Gasteiger partial charge in [0.2, 0.25) is 10.0 Å². The standard InChI is InChI=1S/C19H30N2O5S2/c1-16-4-5-19(14-17(16)2)28(24,25)21(18-6-13-27(22,23)15-18)8-3-7-20-9-11-26-12-10-20/h4-5,14,18H,3,6-13,15H2,1-2H3. The summed E-state index contributed by atoms with van der Waals surface area (Å²) in [5, 5.41) is 0. The van der Waals surface area contributed by atoms with Crippen molar-refractivity contribution >= 4 is 19.9 Å². The molecule has 0 aromatic heterocycles. The Morgan fingerprint density at radius 2 is 1.89 bits per heavy atom. The van der Waals surface area contributed by atoms with E-state index in [-0.39, 0.29) is 16.4 Å². The monoisotopic (exact) mass is 430 g/mol. The van der Waals surface area contributed by atoms with Crippen LogP contribution in [0, 0.1) is 13.8 Å². The molecule has 0 bridgehead atoms. The zero-order valence-electron chi connectivity index (χ0n) is 16.6. The van der Waals surface area contributed by atoms with E-state index in [1.54, 1.807) is 18.2 Å². The first-order valence-electron chi connectivity index (χ1n) is 9.79. The highest BCUT2D eigenvalue weighted by Crippen LogP contribution is 2.26. The Kier molecular flexibility index (Phi) is 6.81. The highest BCUT2D eigenvalue weighted by Gasteiger charge is 2.38. The summed E-state index contributed by atoms with van der Waals surface area (Å²) in [6, 6.07) is 4.62. The fourth-order valence-corrected chi connectivity index (χ4v) is 7.39. The number of sulfonamides is 1. The van der Waals surface area contributed by atoms with Crippen molar-refractivity contribution in [3.8, 4) is 0 Å². The summed E-state index contributed by atoms with van der Waals surface area (Å²) in [6.07, 6.45) is 1.03. The molecule has 1 aromatic carbocycles. The number of hydrogen-bond donors (Lipinski definition) is 0. The van der Waals surface area contributed by atoms with Crippen molar-refractivity contribution in [1.82, 2.24) is 9.21 Å². The average molecular weight is 431 g/mol. The molecule has 1 atom stereocenters. The number of sulfone groups is 1. The lowest BCUT2D eigenvalue weighted by Crippen LogP contribution is -2.43. The molecule has 0 amide bonds. The van der Waals surface area contributed by atoms with Gasteiger partial charge in [0.05, 0.1) is 29.6 Å². The molecular weight excluding hydrogens is 400 g/mol. The van der Waals surface area contributed by atoms with Gasteiger partial charge in [0, 0.05) is 25.7 Å². The molecule has 7 nitrogen and oxygen atoms in total. The lowest BCUT2D eigenvalue weighted by Gasteiger charge is -2.30. The summed E-state index contributed by atoms with van der Waals surface area (Å²) in [4.78, 5) is 2.50. The summed E-state index contributed by atoms with van der Waals surface area (Å²) in [5.41, 5.74) is 1.94. The second-order valence-corrected chi connectivity index (χ2v) is 11.8. The van der Waals surface area contributed by atoms with Crippen LogP contribution in [-0.4, -0.2) is 83.0 Å². The summed E-state index contributed by atoms with van der Waals surface area (Å²) in [6.45, 7) is 8.03. The van der Waals surface area contributed by atoms with Crippen LogP contribution in [0.2, 0.25) is 0 Å². The van der Waals surface area contributed by atoms with Gasteiger partial charge in [-0.2, -0.15) is 4.31 Å². The first kappa shape index (κ1) is 21.7. The molecule has 9 heteroatoms. The normalized spacial score (nSPS) is 23.3. The summed E-state index contributed by atoms with van der Waals surface area (Å²) in [5.74, 6) is -0.0330. The van der Waals surface area contributed by atoms with Crippen molar-refractivity contribution in [2.24, 2.45) is 0 Å². The number of benzene rings is 1. The summed E-state index contributed by atoms with van der Waals surface area (Å²) >= 11 is 0. The van der Waals surface area contributed by atoms with Gasteiger partial charge in [-0.05, 0) is 56.5 Å². The zero-order valence-corrected chi connectivity index (χ0v) is 18.3. The predicted molar refractivity (Wildman–Crippen MR) is 109 cm³/mol. The minimum Gasteiger partial charge on any atom is -0.379 e. The van der Waals surface area contributed by atoms with Crippen LogP contribution in [-0.2, 0) is 24.6 Å². The Labute approximate surface area is 168 Å². The van der Waals surface area contributed by atoms with Gasteiger partial charge in [0.25, 0.3) is 0 Å². The van der Waals surface area contributed by atoms with E-state index < -0.39 is 25.9 Å². The minimum atomic E-state index is -3.75. The Bertz CT molecular complexity index is 893.